The van der Waals surface area contributed by atoms with Crippen LogP contribution in [0.1, 0.15) is 5.56 Å². The second-order valence-electron chi connectivity index (χ2n) is 4.98. The van der Waals surface area contributed by atoms with Gasteiger partial charge in [0.15, 0.2) is 18.9 Å². The molecule has 0 N–H and O–H groups in total. The van der Waals surface area contributed by atoms with Crippen molar-refractivity contribution in [3.8, 4) is 11.1 Å². The van der Waals surface area contributed by atoms with Crippen molar-refractivity contribution < 1.29 is 4.57 Å². The van der Waals surface area contributed by atoms with Crippen molar-refractivity contribution in [2.75, 3.05) is 0 Å². The molecule has 0 saturated heterocycles. The second kappa shape index (κ2) is 6.57. The Morgan fingerprint density at radius 1 is 0.864 bits per heavy atom. The van der Waals surface area contributed by atoms with E-state index in [-0.39, 0.29) is 0 Å². The monoisotopic (exact) mass is 287 g/mol. The van der Waals surface area contributed by atoms with Crippen molar-refractivity contribution >= 4 is 5.69 Å². The van der Waals surface area contributed by atoms with Gasteiger partial charge in [-0.15, -0.1) is 0 Å². The van der Waals surface area contributed by atoms with E-state index in [0.29, 0.717) is 5.69 Å². The minimum absolute atomic E-state index is 0.626. The maximum atomic E-state index is 8.51. The molecule has 0 aliphatic rings. The van der Waals surface area contributed by atoms with Crippen LogP contribution >= 0.6 is 0 Å². The van der Waals surface area contributed by atoms with Gasteiger partial charge >= 0.3 is 0 Å². The normalized spacial score (nSPS) is 10.0. The zero-order valence-corrected chi connectivity index (χ0v) is 12.0. The zero-order chi connectivity index (χ0) is 15.2. The molecule has 0 bridgehead atoms. The highest BCUT2D eigenvalue weighted by atomic mass is 15.1. The van der Waals surface area contributed by atoms with Crippen molar-refractivity contribution in [3.05, 3.63) is 95.1 Å². The maximum Gasteiger partial charge on any atom is 0.173 e. The SMILES string of the molecule is [N-]=[N+]=Nc1cccc(-c2cc[n+](Cc3ccccc3)cc2)c1. The molecule has 106 valence electrons. The molecular weight excluding hydrogens is 272 g/mol. The molecule has 3 rings (SSSR count). The highest BCUT2D eigenvalue weighted by Crippen LogP contribution is 2.23. The van der Waals surface area contributed by atoms with Crippen LogP contribution in [0, 0.1) is 0 Å². The first kappa shape index (κ1) is 13.9. The number of nitrogens with zero attached hydrogens (tertiary/aromatic N) is 4. The van der Waals surface area contributed by atoms with Crippen molar-refractivity contribution in [2.45, 2.75) is 6.54 Å². The van der Waals surface area contributed by atoms with Gasteiger partial charge in [-0.1, -0.05) is 53.6 Å². The molecule has 3 aromatic rings. The number of aromatic nitrogens is 1. The van der Waals surface area contributed by atoms with Crippen LogP contribution in [-0.2, 0) is 6.54 Å². The lowest BCUT2D eigenvalue weighted by molar-refractivity contribution is -0.688. The number of benzene rings is 2. The lowest BCUT2D eigenvalue weighted by atomic mass is 10.1. The van der Waals surface area contributed by atoms with Crippen LogP contribution < -0.4 is 4.57 Å². The average molecular weight is 287 g/mol. The highest BCUT2D eigenvalue weighted by molar-refractivity contribution is 5.66. The molecule has 1 heterocycles. The molecule has 4 heteroatoms. The van der Waals surface area contributed by atoms with Crippen molar-refractivity contribution in [2.24, 2.45) is 5.11 Å². The molecule has 0 aliphatic carbocycles. The molecule has 1 aromatic heterocycles. The third-order valence-corrected chi connectivity index (χ3v) is 3.44. The van der Waals surface area contributed by atoms with Crippen LogP contribution in [0.2, 0.25) is 0 Å². The lowest BCUT2D eigenvalue weighted by Crippen LogP contribution is -2.32. The molecule has 0 radical (unpaired) electrons. The molecule has 2 aromatic carbocycles. The van der Waals surface area contributed by atoms with Gasteiger partial charge in [-0.2, -0.15) is 0 Å². The fourth-order valence-corrected chi connectivity index (χ4v) is 2.35. The van der Waals surface area contributed by atoms with E-state index in [1.54, 1.807) is 6.07 Å². The summed E-state index contributed by atoms with van der Waals surface area (Å²) in [6.45, 7) is 0.847. The van der Waals surface area contributed by atoms with E-state index in [2.05, 4.69) is 51.3 Å². The van der Waals surface area contributed by atoms with Crippen LogP contribution in [0.4, 0.5) is 5.69 Å². The number of azide groups is 1. The molecule has 22 heavy (non-hydrogen) atoms. The third kappa shape index (κ3) is 3.32. The molecule has 0 unspecified atom stereocenters. The van der Waals surface area contributed by atoms with E-state index in [4.69, 9.17) is 5.53 Å². The van der Waals surface area contributed by atoms with E-state index in [9.17, 15) is 0 Å². The highest BCUT2D eigenvalue weighted by Gasteiger charge is 2.04. The summed E-state index contributed by atoms with van der Waals surface area (Å²) in [4.78, 5) is 2.82. The van der Waals surface area contributed by atoms with Crippen LogP contribution in [0.3, 0.4) is 0 Å². The van der Waals surface area contributed by atoms with Crippen LogP contribution in [-0.4, -0.2) is 0 Å². The standard InChI is InChI=1S/C18H15N4/c19-21-20-18-8-4-7-17(13-18)16-9-11-22(12-10-16)14-15-5-2-1-3-6-15/h1-13H,14H2/q+1. The lowest BCUT2D eigenvalue weighted by Gasteiger charge is -2.02. The molecule has 0 saturated carbocycles. The molecule has 0 aliphatic heterocycles. The number of rotatable bonds is 4. The zero-order valence-electron chi connectivity index (χ0n) is 12.0. The Morgan fingerprint density at radius 3 is 2.36 bits per heavy atom. The molecular formula is C18H15N4+. The average Bonchev–Trinajstić information content (AvgIpc) is 2.57. The molecule has 0 spiro atoms. The van der Waals surface area contributed by atoms with E-state index in [0.717, 1.165) is 17.7 Å². The van der Waals surface area contributed by atoms with Crippen molar-refractivity contribution in [1.82, 2.24) is 0 Å². The number of hydrogen-bond acceptors (Lipinski definition) is 1. The summed E-state index contributed by atoms with van der Waals surface area (Å²) in [5, 5.41) is 3.64. The first-order valence-corrected chi connectivity index (χ1v) is 7.04. The quantitative estimate of drug-likeness (QED) is 0.291. The summed E-state index contributed by atoms with van der Waals surface area (Å²) >= 11 is 0. The first-order chi connectivity index (χ1) is 10.8. The van der Waals surface area contributed by atoms with E-state index in [1.165, 1.54) is 5.56 Å². The Kier molecular flexibility index (Phi) is 4.14. The molecule has 4 nitrogen and oxygen atoms in total. The molecule has 0 atom stereocenters. The minimum atomic E-state index is 0.626. The van der Waals surface area contributed by atoms with E-state index >= 15 is 0 Å². The number of pyridine rings is 1. The predicted molar refractivity (Wildman–Crippen MR) is 86.4 cm³/mol. The van der Waals surface area contributed by atoms with E-state index in [1.807, 2.05) is 36.4 Å². The van der Waals surface area contributed by atoms with E-state index < -0.39 is 0 Å². The van der Waals surface area contributed by atoms with Gasteiger partial charge < -0.3 is 0 Å². The molecule has 0 amide bonds. The third-order valence-electron chi connectivity index (χ3n) is 3.44. The van der Waals surface area contributed by atoms with Gasteiger partial charge in [0.25, 0.3) is 0 Å². The van der Waals surface area contributed by atoms with Crippen molar-refractivity contribution in [1.29, 1.82) is 0 Å². The minimum Gasteiger partial charge on any atom is -0.201 e. The summed E-state index contributed by atoms with van der Waals surface area (Å²) in [5.74, 6) is 0. The number of hydrogen-bond donors (Lipinski definition) is 0. The van der Waals surface area contributed by atoms with Gasteiger partial charge in [-0.25, -0.2) is 4.57 Å². The van der Waals surface area contributed by atoms with Gasteiger partial charge in [0.1, 0.15) is 0 Å². The largest absolute Gasteiger partial charge is 0.201 e. The Hall–Kier alpha value is -3.10. The van der Waals surface area contributed by atoms with Crippen LogP contribution in [0.25, 0.3) is 21.6 Å². The van der Waals surface area contributed by atoms with Crippen molar-refractivity contribution in [3.63, 3.8) is 0 Å². The Bertz CT molecular complexity index is 804. The molecule has 0 fully saturated rings. The Morgan fingerprint density at radius 2 is 1.64 bits per heavy atom. The smallest absolute Gasteiger partial charge is 0.173 e. The Labute approximate surface area is 128 Å². The summed E-state index contributed by atoms with van der Waals surface area (Å²) in [6, 6.07) is 22.1. The second-order valence-corrected chi connectivity index (χ2v) is 4.98. The Balaban J connectivity index is 1.82. The summed E-state index contributed by atoms with van der Waals surface area (Å²) in [5.41, 5.74) is 12.5. The predicted octanol–water partition coefficient (Wildman–Crippen LogP) is 4.63. The summed E-state index contributed by atoms with van der Waals surface area (Å²) < 4.78 is 2.14. The van der Waals surface area contributed by atoms with Crippen LogP contribution in [0.15, 0.2) is 84.2 Å². The van der Waals surface area contributed by atoms with Gasteiger partial charge in [-0.3, -0.25) is 0 Å². The van der Waals surface area contributed by atoms with Gasteiger partial charge in [0, 0.05) is 28.3 Å². The fraction of sp³-hybridized carbons (Fsp3) is 0.0556. The van der Waals surface area contributed by atoms with Crippen LogP contribution in [0.5, 0.6) is 0 Å². The summed E-state index contributed by atoms with van der Waals surface area (Å²) in [7, 11) is 0. The van der Waals surface area contributed by atoms with Gasteiger partial charge in [-0.05, 0) is 22.7 Å². The summed E-state index contributed by atoms with van der Waals surface area (Å²) in [6.07, 6.45) is 4.12. The van der Waals surface area contributed by atoms with Gasteiger partial charge in [0.2, 0.25) is 0 Å². The topological polar surface area (TPSA) is 52.6 Å². The first-order valence-electron chi connectivity index (χ1n) is 7.04. The fourth-order valence-electron chi connectivity index (χ4n) is 2.35. The van der Waals surface area contributed by atoms with Gasteiger partial charge in [0.05, 0.1) is 0 Å². The maximum absolute atomic E-state index is 8.51.